The van der Waals surface area contributed by atoms with Crippen LogP contribution in [0.15, 0.2) is 36.5 Å². The standard InChI is InChI=1S/C10H9FN2/c11-9-4-2-1-3-8(9)7-5-10(12)13-6-7/h1-6,13H,12H2. The van der Waals surface area contributed by atoms with Gasteiger partial charge in [-0.25, -0.2) is 4.39 Å². The average Bonchev–Trinajstić information content (AvgIpc) is 2.53. The van der Waals surface area contributed by atoms with Gasteiger partial charge in [-0.1, -0.05) is 18.2 Å². The van der Waals surface area contributed by atoms with Crippen LogP contribution in [-0.2, 0) is 0 Å². The van der Waals surface area contributed by atoms with E-state index >= 15 is 0 Å². The SMILES string of the molecule is Nc1cc(-c2ccccc2F)c[nH]1. The number of aromatic nitrogens is 1. The molecule has 0 saturated heterocycles. The summed E-state index contributed by atoms with van der Waals surface area (Å²) in [6, 6.07) is 8.31. The highest BCUT2D eigenvalue weighted by molar-refractivity contribution is 5.66. The van der Waals surface area contributed by atoms with Crippen molar-refractivity contribution in [1.82, 2.24) is 4.98 Å². The molecule has 2 nitrogen and oxygen atoms in total. The van der Waals surface area contributed by atoms with E-state index in [1.165, 1.54) is 6.07 Å². The number of nitrogens with two attached hydrogens (primary N) is 1. The number of aromatic amines is 1. The second-order valence-electron chi connectivity index (χ2n) is 2.82. The van der Waals surface area contributed by atoms with Gasteiger partial charge >= 0.3 is 0 Å². The quantitative estimate of drug-likeness (QED) is 0.688. The van der Waals surface area contributed by atoms with E-state index < -0.39 is 0 Å². The second kappa shape index (κ2) is 2.94. The van der Waals surface area contributed by atoms with Crippen LogP contribution < -0.4 is 5.73 Å². The Labute approximate surface area is 75.2 Å². The predicted octanol–water partition coefficient (Wildman–Crippen LogP) is 2.40. The van der Waals surface area contributed by atoms with Crippen molar-refractivity contribution in [3.05, 3.63) is 42.3 Å². The molecule has 0 atom stereocenters. The van der Waals surface area contributed by atoms with Gasteiger partial charge in [0, 0.05) is 17.3 Å². The first-order chi connectivity index (χ1) is 6.27. The van der Waals surface area contributed by atoms with Crippen LogP contribution in [0, 0.1) is 5.82 Å². The second-order valence-corrected chi connectivity index (χ2v) is 2.82. The lowest BCUT2D eigenvalue weighted by Gasteiger charge is -1.97. The average molecular weight is 176 g/mol. The van der Waals surface area contributed by atoms with E-state index in [0.717, 1.165) is 5.56 Å². The summed E-state index contributed by atoms with van der Waals surface area (Å²) in [5, 5.41) is 0. The van der Waals surface area contributed by atoms with Gasteiger partial charge in [-0.2, -0.15) is 0 Å². The van der Waals surface area contributed by atoms with Crippen molar-refractivity contribution in [2.45, 2.75) is 0 Å². The number of hydrogen-bond acceptors (Lipinski definition) is 1. The fourth-order valence-electron chi connectivity index (χ4n) is 1.26. The van der Waals surface area contributed by atoms with E-state index in [1.807, 2.05) is 0 Å². The number of anilines is 1. The maximum atomic E-state index is 13.2. The Morgan fingerprint density at radius 3 is 2.62 bits per heavy atom. The molecule has 1 aromatic carbocycles. The molecule has 0 spiro atoms. The number of halogens is 1. The first-order valence-corrected chi connectivity index (χ1v) is 3.96. The normalized spacial score (nSPS) is 10.2. The van der Waals surface area contributed by atoms with Gasteiger partial charge in [0.15, 0.2) is 0 Å². The molecule has 0 fully saturated rings. The molecule has 1 heterocycles. The fourth-order valence-corrected chi connectivity index (χ4v) is 1.26. The lowest BCUT2D eigenvalue weighted by molar-refractivity contribution is 0.631. The molecule has 66 valence electrons. The minimum atomic E-state index is -0.235. The molecule has 0 bridgehead atoms. The third kappa shape index (κ3) is 1.40. The minimum Gasteiger partial charge on any atom is -0.385 e. The van der Waals surface area contributed by atoms with Crippen LogP contribution in [0.25, 0.3) is 11.1 Å². The summed E-state index contributed by atoms with van der Waals surface area (Å²) in [6.45, 7) is 0. The van der Waals surface area contributed by atoms with Crippen LogP contribution in [0.3, 0.4) is 0 Å². The Bertz CT molecular complexity index is 420. The summed E-state index contributed by atoms with van der Waals surface area (Å²) < 4.78 is 13.2. The Kier molecular flexibility index (Phi) is 1.77. The van der Waals surface area contributed by atoms with E-state index in [9.17, 15) is 4.39 Å². The van der Waals surface area contributed by atoms with Gasteiger partial charge in [0.25, 0.3) is 0 Å². The highest BCUT2D eigenvalue weighted by Gasteiger charge is 2.04. The van der Waals surface area contributed by atoms with Gasteiger partial charge in [0.2, 0.25) is 0 Å². The number of hydrogen-bond donors (Lipinski definition) is 2. The monoisotopic (exact) mass is 176 g/mol. The van der Waals surface area contributed by atoms with E-state index in [0.29, 0.717) is 11.4 Å². The molecule has 0 aliphatic carbocycles. The summed E-state index contributed by atoms with van der Waals surface area (Å²) >= 11 is 0. The first-order valence-electron chi connectivity index (χ1n) is 3.96. The highest BCUT2D eigenvalue weighted by Crippen LogP contribution is 2.23. The summed E-state index contributed by atoms with van der Waals surface area (Å²) in [5.41, 5.74) is 6.83. The third-order valence-electron chi connectivity index (χ3n) is 1.89. The van der Waals surface area contributed by atoms with E-state index in [4.69, 9.17) is 5.73 Å². The molecular weight excluding hydrogens is 167 g/mol. The van der Waals surface area contributed by atoms with Crippen molar-refractivity contribution >= 4 is 5.82 Å². The van der Waals surface area contributed by atoms with Crippen LogP contribution in [0.1, 0.15) is 0 Å². The molecule has 3 heteroatoms. The molecule has 0 radical (unpaired) electrons. The van der Waals surface area contributed by atoms with Crippen LogP contribution in [-0.4, -0.2) is 4.98 Å². The molecule has 2 rings (SSSR count). The minimum absolute atomic E-state index is 0.235. The highest BCUT2D eigenvalue weighted by atomic mass is 19.1. The van der Waals surface area contributed by atoms with Gasteiger partial charge in [0.05, 0.1) is 0 Å². The van der Waals surface area contributed by atoms with E-state index in [-0.39, 0.29) is 5.82 Å². The van der Waals surface area contributed by atoms with Gasteiger partial charge in [-0.05, 0) is 12.1 Å². The molecule has 1 aromatic heterocycles. The van der Waals surface area contributed by atoms with Gasteiger partial charge < -0.3 is 10.7 Å². The van der Waals surface area contributed by atoms with Crippen molar-refractivity contribution in [2.24, 2.45) is 0 Å². The Balaban J connectivity index is 2.52. The molecule has 0 aliphatic heterocycles. The van der Waals surface area contributed by atoms with Crippen molar-refractivity contribution in [2.75, 3.05) is 5.73 Å². The Morgan fingerprint density at radius 2 is 2.00 bits per heavy atom. The van der Waals surface area contributed by atoms with Crippen molar-refractivity contribution < 1.29 is 4.39 Å². The Morgan fingerprint density at radius 1 is 1.23 bits per heavy atom. The maximum absolute atomic E-state index is 13.2. The maximum Gasteiger partial charge on any atom is 0.131 e. The fraction of sp³-hybridized carbons (Fsp3) is 0. The summed E-state index contributed by atoms with van der Waals surface area (Å²) in [6.07, 6.45) is 1.69. The van der Waals surface area contributed by atoms with E-state index in [2.05, 4.69) is 4.98 Å². The van der Waals surface area contributed by atoms with Gasteiger partial charge in [-0.15, -0.1) is 0 Å². The van der Waals surface area contributed by atoms with Crippen LogP contribution in [0.5, 0.6) is 0 Å². The lowest BCUT2D eigenvalue weighted by atomic mass is 10.1. The van der Waals surface area contributed by atoms with Crippen LogP contribution in [0.4, 0.5) is 10.2 Å². The van der Waals surface area contributed by atoms with Crippen LogP contribution >= 0.6 is 0 Å². The molecule has 3 N–H and O–H groups in total. The molecule has 13 heavy (non-hydrogen) atoms. The molecular formula is C10H9FN2. The van der Waals surface area contributed by atoms with E-state index in [1.54, 1.807) is 30.5 Å². The van der Waals surface area contributed by atoms with Gasteiger partial charge in [-0.3, -0.25) is 0 Å². The zero-order chi connectivity index (χ0) is 9.26. The first kappa shape index (κ1) is 7.86. The summed E-state index contributed by atoms with van der Waals surface area (Å²) in [7, 11) is 0. The Hall–Kier alpha value is -1.77. The van der Waals surface area contributed by atoms with Crippen molar-refractivity contribution in [3.8, 4) is 11.1 Å². The van der Waals surface area contributed by atoms with Gasteiger partial charge in [0.1, 0.15) is 11.6 Å². The summed E-state index contributed by atoms with van der Waals surface area (Å²) in [4.78, 5) is 2.81. The zero-order valence-corrected chi connectivity index (χ0v) is 6.92. The topological polar surface area (TPSA) is 41.8 Å². The lowest BCUT2D eigenvalue weighted by Crippen LogP contribution is -1.81. The number of benzene rings is 1. The number of nitrogen functional groups attached to an aromatic ring is 1. The van der Waals surface area contributed by atoms with Crippen LogP contribution in [0.2, 0.25) is 0 Å². The number of rotatable bonds is 1. The molecule has 0 aliphatic rings. The number of nitrogens with one attached hydrogen (secondary N) is 1. The zero-order valence-electron chi connectivity index (χ0n) is 6.92. The molecule has 0 amide bonds. The van der Waals surface area contributed by atoms with Crippen molar-refractivity contribution in [1.29, 1.82) is 0 Å². The summed E-state index contributed by atoms with van der Waals surface area (Å²) in [5.74, 6) is 0.305. The largest absolute Gasteiger partial charge is 0.385 e. The smallest absolute Gasteiger partial charge is 0.131 e. The molecule has 2 aromatic rings. The predicted molar refractivity (Wildman–Crippen MR) is 50.6 cm³/mol. The third-order valence-corrected chi connectivity index (χ3v) is 1.89. The molecule has 0 saturated carbocycles. The number of H-pyrrole nitrogens is 1. The van der Waals surface area contributed by atoms with Crippen molar-refractivity contribution in [3.63, 3.8) is 0 Å². The molecule has 0 unspecified atom stereocenters.